The molecule has 1 nitrogen and oxygen atoms in total. The van der Waals surface area contributed by atoms with Crippen LogP contribution in [0.3, 0.4) is 0 Å². The fraction of sp³-hybridized carbons (Fsp3) is 0.0909. The van der Waals surface area contributed by atoms with Crippen molar-refractivity contribution in [2.75, 3.05) is 0 Å². The molecule has 0 aliphatic carbocycles. The Labute approximate surface area is 125 Å². The van der Waals surface area contributed by atoms with Gasteiger partial charge in [-0.3, -0.25) is 0 Å². The summed E-state index contributed by atoms with van der Waals surface area (Å²) in [4.78, 5) is 1.08. The summed E-state index contributed by atoms with van der Waals surface area (Å²) in [7, 11) is 0. The molecule has 0 fully saturated rings. The van der Waals surface area contributed by atoms with Crippen LogP contribution in [-0.2, 0) is 0 Å². The molecule has 5 heteroatoms. The third kappa shape index (κ3) is 2.79. The Hall–Kier alpha value is 0.380. The predicted octanol–water partition coefficient (Wildman–Crippen LogP) is 4.82. The minimum absolute atomic E-state index is 0.109. The van der Waals surface area contributed by atoms with Crippen LogP contribution in [0.1, 0.15) is 16.5 Å². The number of hydrogen-bond donors (Lipinski definition) is 1. The molecule has 0 saturated carbocycles. The Kier molecular flexibility index (Phi) is 4.29. The van der Waals surface area contributed by atoms with Gasteiger partial charge in [-0.2, -0.15) is 0 Å². The maximum Gasteiger partial charge on any atom is 0.0931 e. The van der Waals surface area contributed by atoms with Gasteiger partial charge in [0.2, 0.25) is 0 Å². The Balaban J connectivity index is 2.40. The summed E-state index contributed by atoms with van der Waals surface area (Å²) in [5, 5.41) is 0. The average Bonchev–Trinajstić information content (AvgIpc) is 2.67. The molecule has 2 N–H and O–H groups in total. The molecule has 2 rings (SSSR count). The van der Waals surface area contributed by atoms with E-state index in [1.165, 1.54) is 11.3 Å². The first-order valence-corrected chi connectivity index (χ1v) is 7.60. The van der Waals surface area contributed by atoms with Gasteiger partial charge >= 0.3 is 0 Å². The molecule has 1 atom stereocenters. The molecule has 2 aromatic rings. The highest BCUT2D eigenvalue weighted by atomic mass is 127. The monoisotopic (exact) mass is 427 g/mol. The van der Waals surface area contributed by atoms with Gasteiger partial charge in [0.05, 0.1) is 10.4 Å². The molecule has 84 valence electrons. The Morgan fingerprint density at radius 3 is 2.69 bits per heavy atom. The van der Waals surface area contributed by atoms with Gasteiger partial charge in [0.25, 0.3) is 0 Å². The van der Waals surface area contributed by atoms with E-state index in [0.29, 0.717) is 0 Å². The fourth-order valence-corrected chi connectivity index (χ4v) is 3.53. The average molecular weight is 429 g/mol. The quantitative estimate of drug-likeness (QED) is 0.682. The number of benzene rings is 1. The summed E-state index contributed by atoms with van der Waals surface area (Å²) in [6.45, 7) is 0. The first-order chi connectivity index (χ1) is 7.58. The largest absolute Gasteiger partial charge is 0.320 e. The molecule has 0 bridgehead atoms. The van der Waals surface area contributed by atoms with Gasteiger partial charge in [0.1, 0.15) is 0 Å². The van der Waals surface area contributed by atoms with E-state index in [1.54, 1.807) is 0 Å². The summed E-state index contributed by atoms with van der Waals surface area (Å²) >= 11 is 13.2. The van der Waals surface area contributed by atoms with Crippen molar-refractivity contribution in [2.45, 2.75) is 6.04 Å². The number of thiophene rings is 1. The third-order valence-corrected chi connectivity index (χ3v) is 4.98. The van der Waals surface area contributed by atoms with E-state index < -0.39 is 0 Å². The maximum absolute atomic E-state index is 6.23. The zero-order valence-electron chi connectivity index (χ0n) is 8.08. The van der Waals surface area contributed by atoms with E-state index in [-0.39, 0.29) is 6.04 Å². The Morgan fingerprint density at radius 1 is 1.31 bits per heavy atom. The topological polar surface area (TPSA) is 26.0 Å². The fourth-order valence-electron chi connectivity index (χ4n) is 1.40. The van der Waals surface area contributed by atoms with E-state index in [9.17, 15) is 0 Å². The molecule has 1 unspecified atom stereocenters. The standard InChI is InChI=1S/C11H8BrClINS/c12-6-1-2-8(14)7(5-6)11(15)9-3-4-10(13)16-9/h1-5,11H,15H2. The molecule has 16 heavy (non-hydrogen) atoms. The van der Waals surface area contributed by atoms with Crippen LogP contribution in [0, 0.1) is 3.57 Å². The molecule has 0 aliphatic rings. The Bertz CT molecular complexity index is 514. The van der Waals surface area contributed by atoms with Crippen LogP contribution in [0.2, 0.25) is 4.34 Å². The van der Waals surface area contributed by atoms with E-state index in [4.69, 9.17) is 17.3 Å². The van der Waals surface area contributed by atoms with E-state index in [1.807, 2.05) is 18.2 Å². The minimum atomic E-state index is -0.109. The predicted molar refractivity (Wildman–Crippen MR) is 82.2 cm³/mol. The van der Waals surface area contributed by atoms with Crippen LogP contribution in [0.5, 0.6) is 0 Å². The lowest BCUT2D eigenvalue weighted by Crippen LogP contribution is -2.11. The molecule has 1 heterocycles. The summed E-state index contributed by atoms with van der Waals surface area (Å²) in [6.07, 6.45) is 0. The summed E-state index contributed by atoms with van der Waals surface area (Å²) in [5.74, 6) is 0. The molecule has 0 aliphatic heterocycles. The van der Waals surface area contributed by atoms with Gasteiger partial charge < -0.3 is 5.73 Å². The first-order valence-electron chi connectivity index (χ1n) is 4.53. The van der Waals surface area contributed by atoms with Gasteiger partial charge in [0, 0.05) is 12.9 Å². The molecule has 0 spiro atoms. The van der Waals surface area contributed by atoms with Crippen molar-refractivity contribution in [3.8, 4) is 0 Å². The highest BCUT2D eigenvalue weighted by Gasteiger charge is 2.14. The van der Waals surface area contributed by atoms with Crippen LogP contribution < -0.4 is 5.73 Å². The van der Waals surface area contributed by atoms with Gasteiger partial charge in [0.15, 0.2) is 0 Å². The van der Waals surface area contributed by atoms with Gasteiger partial charge in [-0.1, -0.05) is 27.5 Å². The van der Waals surface area contributed by atoms with Gasteiger partial charge in [-0.25, -0.2) is 0 Å². The number of rotatable bonds is 2. The van der Waals surface area contributed by atoms with E-state index in [0.717, 1.165) is 22.8 Å². The lowest BCUT2D eigenvalue weighted by Gasteiger charge is -2.12. The second-order valence-electron chi connectivity index (χ2n) is 3.29. The summed E-state index contributed by atoms with van der Waals surface area (Å²) < 4.78 is 2.98. The maximum atomic E-state index is 6.23. The van der Waals surface area contributed by atoms with Crippen molar-refractivity contribution in [2.24, 2.45) is 5.73 Å². The number of halogens is 3. The molecule has 0 saturated heterocycles. The van der Waals surface area contributed by atoms with Crippen molar-refractivity contribution >= 4 is 61.5 Å². The normalized spacial score (nSPS) is 12.8. The number of hydrogen-bond acceptors (Lipinski definition) is 2. The van der Waals surface area contributed by atoms with E-state index in [2.05, 4.69) is 50.7 Å². The van der Waals surface area contributed by atoms with Gasteiger partial charge in [-0.15, -0.1) is 11.3 Å². The highest BCUT2D eigenvalue weighted by molar-refractivity contribution is 14.1. The second-order valence-corrected chi connectivity index (χ2v) is 7.11. The molecular weight excluding hydrogens is 420 g/mol. The summed E-state index contributed by atoms with van der Waals surface area (Å²) in [5.41, 5.74) is 7.34. The summed E-state index contributed by atoms with van der Waals surface area (Å²) in [6, 6.07) is 9.87. The zero-order valence-corrected chi connectivity index (χ0v) is 13.4. The van der Waals surface area contributed by atoms with Crippen molar-refractivity contribution < 1.29 is 0 Å². The van der Waals surface area contributed by atoms with Crippen LogP contribution >= 0.6 is 61.5 Å². The highest BCUT2D eigenvalue weighted by Crippen LogP contribution is 2.32. The minimum Gasteiger partial charge on any atom is -0.320 e. The third-order valence-electron chi connectivity index (χ3n) is 2.19. The molecule has 0 amide bonds. The van der Waals surface area contributed by atoms with Crippen LogP contribution in [0.4, 0.5) is 0 Å². The van der Waals surface area contributed by atoms with Crippen molar-refractivity contribution in [1.82, 2.24) is 0 Å². The molecule has 1 aromatic carbocycles. The van der Waals surface area contributed by atoms with Crippen LogP contribution in [0.15, 0.2) is 34.8 Å². The lowest BCUT2D eigenvalue weighted by molar-refractivity contribution is 0.885. The van der Waals surface area contributed by atoms with Crippen LogP contribution in [-0.4, -0.2) is 0 Å². The van der Waals surface area contributed by atoms with E-state index >= 15 is 0 Å². The van der Waals surface area contributed by atoms with Crippen molar-refractivity contribution in [1.29, 1.82) is 0 Å². The lowest BCUT2D eigenvalue weighted by atomic mass is 10.1. The van der Waals surface area contributed by atoms with Gasteiger partial charge in [-0.05, 0) is 58.5 Å². The zero-order chi connectivity index (χ0) is 11.7. The number of nitrogens with two attached hydrogens (primary N) is 1. The van der Waals surface area contributed by atoms with Crippen molar-refractivity contribution in [3.63, 3.8) is 0 Å². The van der Waals surface area contributed by atoms with Crippen LogP contribution in [0.25, 0.3) is 0 Å². The smallest absolute Gasteiger partial charge is 0.0931 e. The van der Waals surface area contributed by atoms with Crippen molar-refractivity contribution in [3.05, 3.63) is 53.2 Å². The first kappa shape index (κ1) is 12.8. The SMILES string of the molecule is NC(c1ccc(Cl)s1)c1cc(Br)ccc1I. The molecule has 1 aromatic heterocycles. The Morgan fingerprint density at radius 2 is 2.06 bits per heavy atom. The molecular formula is C11H8BrClINS. The second kappa shape index (κ2) is 5.35. The molecule has 0 radical (unpaired) electrons.